The summed E-state index contributed by atoms with van der Waals surface area (Å²) in [5.74, 6) is 0.0174. The molecule has 3 rings (SSSR count). The Labute approximate surface area is 152 Å². The number of rotatable bonds is 3. The third-order valence-electron chi connectivity index (χ3n) is 4.01. The number of carbonyl (C=O) groups excluding carboxylic acids is 1. The molecule has 6 nitrogen and oxygen atoms in total. The Bertz CT molecular complexity index is 822. The van der Waals surface area contributed by atoms with E-state index in [-0.39, 0.29) is 18.0 Å². The van der Waals surface area contributed by atoms with Crippen LogP contribution in [0, 0.1) is 0 Å². The summed E-state index contributed by atoms with van der Waals surface area (Å²) in [4.78, 5) is 28.1. The van der Waals surface area contributed by atoms with E-state index in [4.69, 9.17) is 11.6 Å². The number of aryl methyl sites for hydroxylation is 1. The zero-order valence-corrected chi connectivity index (χ0v) is 15.4. The number of anilines is 1. The molecule has 1 saturated heterocycles. The Hall–Kier alpha value is -1.86. The molecule has 0 aliphatic carbocycles. The molecule has 1 aliphatic heterocycles. The van der Waals surface area contributed by atoms with Gasteiger partial charge in [-0.1, -0.05) is 23.7 Å². The van der Waals surface area contributed by atoms with Crippen molar-refractivity contribution in [3.8, 4) is 0 Å². The molecule has 2 heterocycles. The molecule has 1 aromatic heterocycles. The van der Waals surface area contributed by atoms with Crippen LogP contribution in [0.3, 0.4) is 0 Å². The molecule has 0 atom stereocenters. The first kappa shape index (κ1) is 17.0. The van der Waals surface area contributed by atoms with Gasteiger partial charge in [0.2, 0.25) is 5.91 Å². The predicted molar refractivity (Wildman–Crippen MR) is 96.3 cm³/mol. The Kier molecular flexibility index (Phi) is 4.91. The Morgan fingerprint density at radius 1 is 1.21 bits per heavy atom. The molecule has 0 spiro atoms. The lowest BCUT2D eigenvalue weighted by atomic mass is 10.2. The average Bonchev–Trinajstić information content (AvgIpc) is 2.57. The molecular weight excluding hydrogens is 396 g/mol. The van der Waals surface area contributed by atoms with Gasteiger partial charge in [0.15, 0.2) is 0 Å². The van der Waals surface area contributed by atoms with Gasteiger partial charge in [0, 0.05) is 31.7 Å². The lowest BCUT2D eigenvalue weighted by molar-refractivity contribution is -0.131. The Morgan fingerprint density at radius 2 is 1.92 bits per heavy atom. The maximum absolute atomic E-state index is 12.5. The minimum Gasteiger partial charge on any atom is -0.358 e. The molecule has 0 unspecified atom stereocenters. The van der Waals surface area contributed by atoms with Crippen molar-refractivity contribution < 1.29 is 4.79 Å². The van der Waals surface area contributed by atoms with Crippen molar-refractivity contribution in [2.45, 2.75) is 6.54 Å². The van der Waals surface area contributed by atoms with Crippen LogP contribution in [0.4, 0.5) is 5.69 Å². The van der Waals surface area contributed by atoms with E-state index < -0.39 is 0 Å². The zero-order chi connectivity index (χ0) is 17.3. The SMILES string of the molecule is Cn1ncc(N2CCN(Cc3ccc(Cl)cc3)C(=O)C2)c(Br)c1=O. The van der Waals surface area contributed by atoms with Gasteiger partial charge in [-0.3, -0.25) is 9.59 Å². The van der Waals surface area contributed by atoms with Crippen LogP contribution in [-0.4, -0.2) is 40.2 Å². The summed E-state index contributed by atoms with van der Waals surface area (Å²) in [6, 6.07) is 7.48. The summed E-state index contributed by atoms with van der Waals surface area (Å²) in [5, 5.41) is 4.71. The lowest BCUT2D eigenvalue weighted by Gasteiger charge is -2.35. The van der Waals surface area contributed by atoms with Crippen LogP contribution >= 0.6 is 27.5 Å². The standard InChI is InChI=1S/C16H16BrClN4O2/c1-20-16(24)15(17)13(8-19-20)21-6-7-22(14(23)10-21)9-11-2-4-12(18)5-3-11/h2-5,8H,6-7,9-10H2,1H3. The van der Waals surface area contributed by atoms with E-state index in [0.717, 1.165) is 5.56 Å². The molecule has 0 N–H and O–H groups in total. The van der Waals surface area contributed by atoms with Gasteiger partial charge >= 0.3 is 0 Å². The molecule has 0 bridgehead atoms. The van der Waals surface area contributed by atoms with E-state index in [2.05, 4.69) is 21.0 Å². The largest absolute Gasteiger partial charge is 0.358 e. The van der Waals surface area contributed by atoms with Crippen LogP contribution in [0.25, 0.3) is 0 Å². The molecule has 2 aromatic rings. The first-order valence-electron chi connectivity index (χ1n) is 7.44. The summed E-state index contributed by atoms with van der Waals surface area (Å²) in [5.41, 5.74) is 1.47. The molecule has 1 aromatic carbocycles. The van der Waals surface area contributed by atoms with E-state index in [1.807, 2.05) is 34.1 Å². The van der Waals surface area contributed by atoms with Crippen molar-refractivity contribution in [3.63, 3.8) is 0 Å². The summed E-state index contributed by atoms with van der Waals surface area (Å²) in [6.07, 6.45) is 1.60. The zero-order valence-electron chi connectivity index (χ0n) is 13.1. The third-order valence-corrected chi connectivity index (χ3v) is 5.00. The van der Waals surface area contributed by atoms with Crippen LogP contribution in [0.1, 0.15) is 5.56 Å². The van der Waals surface area contributed by atoms with Crippen LogP contribution in [0.2, 0.25) is 5.02 Å². The van der Waals surface area contributed by atoms with Gasteiger partial charge in [-0.25, -0.2) is 4.68 Å². The highest BCUT2D eigenvalue weighted by atomic mass is 79.9. The first-order valence-corrected chi connectivity index (χ1v) is 8.62. The number of hydrogen-bond donors (Lipinski definition) is 0. The van der Waals surface area contributed by atoms with Gasteiger partial charge in [0.05, 0.1) is 18.4 Å². The number of benzene rings is 1. The molecule has 24 heavy (non-hydrogen) atoms. The van der Waals surface area contributed by atoms with E-state index in [9.17, 15) is 9.59 Å². The normalized spacial score (nSPS) is 15.0. The number of nitrogens with zero attached hydrogens (tertiary/aromatic N) is 4. The Morgan fingerprint density at radius 3 is 2.58 bits per heavy atom. The summed E-state index contributed by atoms with van der Waals surface area (Å²) < 4.78 is 1.69. The summed E-state index contributed by atoms with van der Waals surface area (Å²) in [7, 11) is 1.59. The van der Waals surface area contributed by atoms with Crippen LogP contribution in [0.5, 0.6) is 0 Å². The van der Waals surface area contributed by atoms with E-state index in [0.29, 0.717) is 34.8 Å². The van der Waals surface area contributed by atoms with Crippen LogP contribution in [0.15, 0.2) is 39.7 Å². The average molecular weight is 412 g/mol. The molecule has 0 radical (unpaired) electrons. The van der Waals surface area contributed by atoms with E-state index in [1.165, 1.54) is 4.68 Å². The first-order chi connectivity index (χ1) is 11.5. The smallest absolute Gasteiger partial charge is 0.282 e. The number of amides is 1. The van der Waals surface area contributed by atoms with Crippen LogP contribution < -0.4 is 10.5 Å². The highest BCUT2D eigenvalue weighted by molar-refractivity contribution is 9.10. The minimum absolute atomic E-state index is 0.0174. The highest BCUT2D eigenvalue weighted by Gasteiger charge is 2.26. The minimum atomic E-state index is -0.219. The third kappa shape index (κ3) is 3.47. The molecule has 8 heteroatoms. The number of carbonyl (C=O) groups is 1. The van der Waals surface area contributed by atoms with Gasteiger partial charge in [0.1, 0.15) is 4.47 Å². The van der Waals surface area contributed by atoms with Crippen molar-refractivity contribution in [3.05, 3.63) is 55.9 Å². The van der Waals surface area contributed by atoms with Crippen molar-refractivity contribution >= 4 is 39.1 Å². The fraction of sp³-hybridized carbons (Fsp3) is 0.312. The van der Waals surface area contributed by atoms with Gasteiger partial charge < -0.3 is 9.80 Å². The molecule has 1 aliphatic rings. The highest BCUT2D eigenvalue weighted by Crippen LogP contribution is 2.23. The van der Waals surface area contributed by atoms with E-state index in [1.54, 1.807) is 13.2 Å². The maximum atomic E-state index is 12.5. The molecule has 1 fully saturated rings. The second-order valence-corrected chi connectivity index (χ2v) is 6.87. The number of hydrogen-bond acceptors (Lipinski definition) is 4. The second-order valence-electron chi connectivity index (χ2n) is 5.64. The fourth-order valence-electron chi connectivity index (χ4n) is 2.61. The topological polar surface area (TPSA) is 58.4 Å². The monoisotopic (exact) mass is 410 g/mol. The second kappa shape index (κ2) is 6.94. The number of piperazine rings is 1. The fourth-order valence-corrected chi connectivity index (χ4v) is 3.35. The summed E-state index contributed by atoms with van der Waals surface area (Å²) in [6.45, 7) is 2.01. The predicted octanol–water partition coefficient (Wildman–Crippen LogP) is 2.04. The van der Waals surface area contributed by atoms with Crippen molar-refractivity contribution in [2.75, 3.05) is 24.5 Å². The van der Waals surface area contributed by atoms with Crippen molar-refractivity contribution in [1.82, 2.24) is 14.7 Å². The van der Waals surface area contributed by atoms with Gasteiger partial charge in [-0.05, 0) is 33.6 Å². The molecular formula is C16H16BrClN4O2. The van der Waals surface area contributed by atoms with Gasteiger partial charge in [-0.2, -0.15) is 5.10 Å². The van der Waals surface area contributed by atoms with Gasteiger partial charge in [-0.15, -0.1) is 0 Å². The van der Waals surface area contributed by atoms with E-state index >= 15 is 0 Å². The Balaban J connectivity index is 1.71. The molecule has 0 saturated carbocycles. The van der Waals surface area contributed by atoms with Crippen molar-refractivity contribution in [2.24, 2.45) is 7.05 Å². The summed E-state index contributed by atoms with van der Waals surface area (Å²) >= 11 is 9.19. The van der Waals surface area contributed by atoms with Crippen molar-refractivity contribution in [1.29, 1.82) is 0 Å². The maximum Gasteiger partial charge on any atom is 0.282 e. The lowest BCUT2D eigenvalue weighted by Crippen LogP contribution is -2.50. The quantitative estimate of drug-likeness (QED) is 0.776. The van der Waals surface area contributed by atoms with Crippen LogP contribution in [-0.2, 0) is 18.4 Å². The molecule has 1 amide bonds. The number of halogens is 2. The van der Waals surface area contributed by atoms with Gasteiger partial charge in [0.25, 0.3) is 5.56 Å². The number of aromatic nitrogens is 2. The molecule has 126 valence electrons.